The summed E-state index contributed by atoms with van der Waals surface area (Å²) in [6.45, 7) is 4.88. The molecule has 6 heteroatoms. The van der Waals surface area contributed by atoms with E-state index in [-0.39, 0.29) is 30.2 Å². The van der Waals surface area contributed by atoms with Crippen LogP contribution in [0, 0.1) is 0 Å². The van der Waals surface area contributed by atoms with E-state index in [1.54, 1.807) is 4.90 Å². The summed E-state index contributed by atoms with van der Waals surface area (Å²) >= 11 is 0. The molecule has 0 saturated carbocycles. The normalized spacial score (nSPS) is 26.8. The number of carbonyl (C=O) groups excluding carboxylic acids is 1. The molecule has 1 aliphatic rings. The molecular weight excluding hydrogens is 230 g/mol. The third-order valence-electron chi connectivity index (χ3n) is 2.61. The zero-order chi connectivity index (χ0) is 12.3. The Hall–Kier alpha value is -0.620. The van der Waals surface area contributed by atoms with Crippen LogP contribution >= 0.6 is 0 Å². The Balaban J connectivity index is 2.52. The summed E-state index contributed by atoms with van der Waals surface area (Å²) in [5, 5.41) is 0. The third-order valence-corrected chi connectivity index (χ3v) is 3.56. The minimum atomic E-state index is -3.07. The molecule has 0 aromatic rings. The molecule has 0 aromatic heterocycles. The second kappa shape index (κ2) is 5.14. The Morgan fingerprint density at radius 1 is 1.44 bits per heavy atom. The molecule has 1 heterocycles. The van der Waals surface area contributed by atoms with E-state index in [1.807, 2.05) is 13.8 Å². The van der Waals surface area contributed by atoms with Crippen LogP contribution in [0.3, 0.4) is 0 Å². The molecule has 2 atom stereocenters. The van der Waals surface area contributed by atoms with Crippen LogP contribution in [0.25, 0.3) is 0 Å². The van der Waals surface area contributed by atoms with Crippen LogP contribution in [0.1, 0.15) is 20.3 Å². The number of nitrogens with zero attached hydrogens (tertiary/aromatic N) is 1. The number of sulfone groups is 1. The molecule has 1 aliphatic heterocycles. The molecule has 94 valence electrons. The van der Waals surface area contributed by atoms with Gasteiger partial charge in [0.05, 0.1) is 24.5 Å². The van der Waals surface area contributed by atoms with Gasteiger partial charge in [0.1, 0.15) is 9.84 Å². The van der Waals surface area contributed by atoms with Crippen molar-refractivity contribution in [2.24, 2.45) is 0 Å². The van der Waals surface area contributed by atoms with Crippen LogP contribution in [0.5, 0.6) is 0 Å². The molecule has 1 fully saturated rings. The lowest BCUT2D eigenvalue weighted by Gasteiger charge is -2.36. The first-order valence-electron chi connectivity index (χ1n) is 5.38. The van der Waals surface area contributed by atoms with E-state index in [4.69, 9.17) is 4.74 Å². The second-order valence-corrected chi connectivity index (χ2v) is 6.68. The first-order valence-corrected chi connectivity index (χ1v) is 7.44. The maximum absolute atomic E-state index is 11.8. The summed E-state index contributed by atoms with van der Waals surface area (Å²) in [5.41, 5.74) is 0. The fourth-order valence-corrected chi connectivity index (χ4v) is 2.21. The molecule has 16 heavy (non-hydrogen) atoms. The number of carbonyl (C=O) groups is 1. The molecule has 1 rings (SSSR count). The van der Waals surface area contributed by atoms with Crippen LogP contribution in [-0.4, -0.2) is 56.5 Å². The van der Waals surface area contributed by atoms with Gasteiger partial charge in [-0.15, -0.1) is 0 Å². The van der Waals surface area contributed by atoms with Gasteiger partial charge in [-0.3, -0.25) is 4.79 Å². The lowest BCUT2D eigenvalue weighted by Crippen LogP contribution is -2.50. The quantitative estimate of drug-likeness (QED) is 0.709. The summed E-state index contributed by atoms with van der Waals surface area (Å²) in [5.74, 6) is -0.183. The zero-order valence-corrected chi connectivity index (χ0v) is 10.8. The zero-order valence-electron chi connectivity index (χ0n) is 9.97. The number of ether oxygens (including phenoxy) is 1. The average molecular weight is 249 g/mol. The molecule has 0 aliphatic carbocycles. The van der Waals surface area contributed by atoms with Gasteiger partial charge in [-0.25, -0.2) is 8.42 Å². The summed E-state index contributed by atoms with van der Waals surface area (Å²) in [7, 11) is -3.07. The Morgan fingerprint density at radius 2 is 2.06 bits per heavy atom. The molecule has 0 radical (unpaired) electrons. The van der Waals surface area contributed by atoms with Crippen LogP contribution < -0.4 is 0 Å². The van der Waals surface area contributed by atoms with Crippen molar-refractivity contribution in [1.29, 1.82) is 0 Å². The fraction of sp³-hybridized carbons (Fsp3) is 0.900. The number of morpholine rings is 1. The highest BCUT2D eigenvalue weighted by atomic mass is 32.2. The molecule has 0 N–H and O–H groups in total. The number of amides is 1. The molecule has 0 aromatic carbocycles. The van der Waals surface area contributed by atoms with E-state index in [0.717, 1.165) is 6.26 Å². The van der Waals surface area contributed by atoms with Gasteiger partial charge in [-0.1, -0.05) is 0 Å². The predicted molar refractivity (Wildman–Crippen MR) is 60.9 cm³/mol. The summed E-state index contributed by atoms with van der Waals surface area (Å²) in [6, 6.07) is 0.0308. The summed E-state index contributed by atoms with van der Waals surface area (Å²) in [6.07, 6.45) is 1.24. The fourth-order valence-electron chi connectivity index (χ4n) is 1.67. The Labute approximate surface area is 96.7 Å². The second-order valence-electron chi connectivity index (χ2n) is 4.42. The smallest absolute Gasteiger partial charge is 0.223 e. The standard InChI is InChI=1S/C10H19NO4S/c1-8-7-15-9(2)6-11(8)10(12)4-5-16(3,13)14/h8-9H,4-7H2,1-3H3. The maximum Gasteiger partial charge on any atom is 0.223 e. The van der Waals surface area contributed by atoms with Crippen molar-refractivity contribution < 1.29 is 17.9 Å². The van der Waals surface area contributed by atoms with Crippen LogP contribution in [0.2, 0.25) is 0 Å². The molecule has 0 spiro atoms. The van der Waals surface area contributed by atoms with E-state index >= 15 is 0 Å². The van der Waals surface area contributed by atoms with Gasteiger partial charge in [-0.05, 0) is 13.8 Å². The predicted octanol–water partition coefficient (Wildman–Crippen LogP) is 0.0569. The van der Waals surface area contributed by atoms with Gasteiger partial charge in [0.15, 0.2) is 0 Å². The van der Waals surface area contributed by atoms with Gasteiger partial charge in [0, 0.05) is 19.2 Å². The van der Waals surface area contributed by atoms with Gasteiger partial charge in [0.25, 0.3) is 0 Å². The van der Waals surface area contributed by atoms with Gasteiger partial charge < -0.3 is 9.64 Å². The number of hydrogen-bond donors (Lipinski definition) is 0. The first-order chi connectivity index (χ1) is 7.29. The van der Waals surface area contributed by atoms with Gasteiger partial charge in [0.2, 0.25) is 5.91 Å². The Bertz CT molecular complexity index is 352. The molecule has 5 nitrogen and oxygen atoms in total. The largest absolute Gasteiger partial charge is 0.375 e. The van der Waals surface area contributed by atoms with E-state index in [0.29, 0.717) is 13.2 Å². The Kier molecular flexibility index (Phi) is 4.32. The van der Waals surface area contributed by atoms with Crippen molar-refractivity contribution in [3.8, 4) is 0 Å². The van der Waals surface area contributed by atoms with Crippen LogP contribution in [0.4, 0.5) is 0 Å². The van der Waals surface area contributed by atoms with Crippen molar-refractivity contribution in [2.45, 2.75) is 32.4 Å². The number of rotatable bonds is 3. The SMILES string of the molecule is CC1CN(C(=O)CCS(C)(=O)=O)C(C)CO1. The molecule has 2 unspecified atom stereocenters. The van der Waals surface area contributed by atoms with Gasteiger partial charge >= 0.3 is 0 Å². The average Bonchev–Trinajstić information content (AvgIpc) is 2.17. The van der Waals surface area contributed by atoms with E-state index < -0.39 is 9.84 Å². The van der Waals surface area contributed by atoms with Crippen molar-refractivity contribution in [2.75, 3.05) is 25.2 Å². The highest BCUT2D eigenvalue weighted by Gasteiger charge is 2.27. The van der Waals surface area contributed by atoms with Crippen molar-refractivity contribution in [3.05, 3.63) is 0 Å². The topological polar surface area (TPSA) is 63.7 Å². The maximum atomic E-state index is 11.8. The van der Waals surface area contributed by atoms with E-state index in [1.165, 1.54) is 0 Å². The third kappa shape index (κ3) is 4.09. The van der Waals surface area contributed by atoms with Crippen LogP contribution in [-0.2, 0) is 19.4 Å². The first kappa shape index (κ1) is 13.4. The lowest BCUT2D eigenvalue weighted by molar-refractivity contribution is -0.142. The highest BCUT2D eigenvalue weighted by molar-refractivity contribution is 7.90. The summed E-state index contributed by atoms with van der Waals surface area (Å²) in [4.78, 5) is 13.5. The Morgan fingerprint density at radius 3 is 2.62 bits per heavy atom. The van der Waals surface area contributed by atoms with E-state index in [2.05, 4.69) is 0 Å². The van der Waals surface area contributed by atoms with Crippen molar-refractivity contribution in [3.63, 3.8) is 0 Å². The summed E-state index contributed by atoms with van der Waals surface area (Å²) < 4.78 is 27.3. The minimum Gasteiger partial charge on any atom is -0.375 e. The molecule has 1 saturated heterocycles. The van der Waals surface area contributed by atoms with Crippen molar-refractivity contribution in [1.82, 2.24) is 4.90 Å². The lowest BCUT2D eigenvalue weighted by atomic mass is 10.2. The number of hydrogen-bond acceptors (Lipinski definition) is 4. The van der Waals surface area contributed by atoms with Crippen LogP contribution in [0.15, 0.2) is 0 Å². The highest BCUT2D eigenvalue weighted by Crippen LogP contribution is 2.12. The molecule has 1 amide bonds. The molecular formula is C10H19NO4S. The van der Waals surface area contributed by atoms with Crippen molar-refractivity contribution >= 4 is 15.7 Å². The molecule has 0 bridgehead atoms. The monoisotopic (exact) mass is 249 g/mol. The minimum absolute atomic E-state index is 0.0263. The van der Waals surface area contributed by atoms with E-state index in [9.17, 15) is 13.2 Å². The van der Waals surface area contributed by atoms with Gasteiger partial charge in [-0.2, -0.15) is 0 Å².